The van der Waals surface area contributed by atoms with Crippen molar-refractivity contribution >= 4 is 17.5 Å². The predicted octanol–water partition coefficient (Wildman–Crippen LogP) is 5.67. The molecule has 1 saturated heterocycles. The summed E-state index contributed by atoms with van der Waals surface area (Å²) in [4.78, 5) is 42.0. The number of hydroxylamine groups is 2. The van der Waals surface area contributed by atoms with Crippen LogP contribution in [0.1, 0.15) is 62.0 Å². The van der Waals surface area contributed by atoms with Crippen molar-refractivity contribution in [1.29, 1.82) is 0 Å². The van der Waals surface area contributed by atoms with E-state index in [2.05, 4.69) is 58.5 Å². The fourth-order valence-electron chi connectivity index (χ4n) is 10.1. The first kappa shape index (κ1) is 44.9. The molecule has 3 saturated carbocycles. The first-order valence-electron chi connectivity index (χ1n) is 21.2. The van der Waals surface area contributed by atoms with E-state index in [4.69, 9.17) is 9.57 Å². The Balaban J connectivity index is 1.32. The molecule has 2 amide bonds. The number of hydrogen-bond donors (Lipinski definition) is 4. The summed E-state index contributed by atoms with van der Waals surface area (Å²) in [7, 11) is 7.42. The van der Waals surface area contributed by atoms with Crippen molar-refractivity contribution in [2.75, 3.05) is 59.4 Å². The molecule has 4 fully saturated rings. The third-order valence-corrected chi connectivity index (χ3v) is 13.4. The van der Waals surface area contributed by atoms with Crippen molar-refractivity contribution in [3.05, 3.63) is 93.9 Å². The number of benzene rings is 3. The Morgan fingerprint density at radius 1 is 1.10 bits per heavy atom. The highest BCUT2D eigenvalue weighted by atomic mass is 16.7. The maximum atomic E-state index is 14.5. The number of aliphatic hydroxyl groups is 2. The number of anilines is 1. The molecular weight excluding hydrogens is 761 g/mol. The van der Waals surface area contributed by atoms with Crippen LogP contribution in [-0.4, -0.2) is 117 Å². The number of carbonyl (C=O) groups is 2. The van der Waals surface area contributed by atoms with Crippen molar-refractivity contribution in [2.45, 2.75) is 83.8 Å². The molecule has 3 aliphatic carbocycles. The zero-order valence-electron chi connectivity index (χ0n) is 36.4. The molecule has 1 aliphatic heterocycles. The number of likely N-dealkylation sites (N-methyl/N-ethyl adjacent to an activating group) is 2. The fraction of sp³-hybridized carbons (Fsp3) is 0.565. The molecule has 4 N–H and O–H groups in total. The Hall–Kier alpha value is -4.69. The fourth-order valence-corrected chi connectivity index (χ4v) is 10.1. The summed E-state index contributed by atoms with van der Waals surface area (Å²) in [5, 5.41) is 33.0. The summed E-state index contributed by atoms with van der Waals surface area (Å²) in [6.45, 7) is 9.51. The molecule has 14 heteroatoms. The number of nitrogens with one attached hydrogen (secondary N) is 2. The first-order chi connectivity index (χ1) is 28.7. The third kappa shape index (κ3) is 9.75. The van der Waals surface area contributed by atoms with Crippen LogP contribution in [0.25, 0.3) is 21.6 Å². The first-order valence-corrected chi connectivity index (χ1v) is 21.2. The zero-order chi connectivity index (χ0) is 43.3. The van der Waals surface area contributed by atoms with Crippen LogP contribution in [0.2, 0.25) is 0 Å². The van der Waals surface area contributed by atoms with Gasteiger partial charge in [-0.15, -0.1) is 0 Å². The standard InChI is InChI=1S/C46H64N8O6/c1-28-38-23-34(46(38,3)4)24-39(28)50-45(58)42-41(29(2)56)40(25-48-51-47)60-54(42)26-31-15-12-16-37(43(31)59-8)32-20-33(22-36(21-32)53(7)17-18-55)44(57)49-35(27-52(5)6)19-30-13-10-9-11-14-30/h9-16,20-22,28-29,34-35,38-42,55-56H,17-19,23-27H2,1-8H3,(H,49,57)(H,50,58)/t28-,29-,34+,35-,38-,39-,40-,41+,42-/m0/s1. The van der Waals surface area contributed by atoms with E-state index in [-0.39, 0.29) is 49.0 Å². The van der Waals surface area contributed by atoms with Crippen molar-refractivity contribution in [3.8, 4) is 16.9 Å². The monoisotopic (exact) mass is 824 g/mol. The lowest BCUT2D eigenvalue weighted by atomic mass is 9.45. The van der Waals surface area contributed by atoms with Crippen LogP contribution in [0.4, 0.5) is 5.69 Å². The Morgan fingerprint density at radius 3 is 2.48 bits per heavy atom. The van der Waals surface area contributed by atoms with Crippen LogP contribution in [0.3, 0.4) is 0 Å². The number of methoxy groups -OCH3 is 1. The molecule has 7 rings (SSSR count). The van der Waals surface area contributed by atoms with Crippen LogP contribution in [0, 0.1) is 29.1 Å². The summed E-state index contributed by atoms with van der Waals surface area (Å²) < 4.78 is 6.14. The minimum absolute atomic E-state index is 0.000969. The summed E-state index contributed by atoms with van der Waals surface area (Å²) in [5.74, 6) is 0.761. The van der Waals surface area contributed by atoms with Crippen molar-refractivity contribution in [2.24, 2.45) is 34.2 Å². The number of carbonyl (C=O) groups excluding carboxylic acids is 2. The van der Waals surface area contributed by atoms with Crippen LogP contribution < -0.4 is 20.3 Å². The Bertz CT molecular complexity index is 2010. The van der Waals surface area contributed by atoms with Gasteiger partial charge in [0.15, 0.2) is 0 Å². The largest absolute Gasteiger partial charge is 0.496 e. The molecule has 0 aromatic heterocycles. The maximum Gasteiger partial charge on any atom is 0.251 e. The SMILES string of the molecule is COc1c(CN2O[C@@H](CN=[N+]=[N-])[C@@H]([C@H](C)O)[C@H]2C(=O)N[C@H]2C[C@H]3C[C@@H]([C@@H]2C)C3(C)C)cccc1-c1cc(C(=O)N[C@@H](Cc2ccccc2)CN(C)C)cc(N(C)CCO)c1. The van der Waals surface area contributed by atoms with Crippen molar-refractivity contribution in [3.63, 3.8) is 0 Å². The van der Waals surface area contributed by atoms with E-state index in [1.54, 1.807) is 19.1 Å². The molecule has 0 unspecified atom stereocenters. The Labute approximate surface area is 354 Å². The number of ether oxygens (including phenoxy) is 1. The van der Waals surface area contributed by atoms with Gasteiger partial charge in [-0.05, 0) is 98.3 Å². The van der Waals surface area contributed by atoms with Crippen LogP contribution in [-0.2, 0) is 22.6 Å². The minimum Gasteiger partial charge on any atom is -0.496 e. The van der Waals surface area contributed by atoms with E-state index in [1.165, 1.54) is 6.42 Å². The third-order valence-electron chi connectivity index (χ3n) is 13.4. The lowest BCUT2D eigenvalue weighted by molar-refractivity contribution is -0.175. The molecule has 60 heavy (non-hydrogen) atoms. The molecule has 2 bridgehead atoms. The zero-order valence-corrected chi connectivity index (χ0v) is 36.4. The molecule has 4 aliphatic rings. The van der Waals surface area contributed by atoms with Gasteiger partial charge in [0.05, 0.1) is 39.0 Å². The average Bonchev–Trinajstić information content (AvgIpc) is 3.58. The van der Waals surface area contributed by atoms with Gasteiger partial charge in [0.1, 0.15) is 11.8 Å². The van der Waals surface area contributed by atoms with E-state index in [9.17, 15) is 25.3 Å². The number of amides is 2. The quantitative estimate of drug-likeness (QED) is 0.0716. The molecule has 0 radical (unpaired) electrons. The Kier molecular flexibility index (Phi) is 14.5. The number of azide groups is 1. The molecule has 3 aromatic carbocycles. The molecule has 1 heterocycles. The topological polar surface area (TPSA) is 176 Å². The molecular formula is C46H64N8O6. The summed E-state index contributed by atoms with van der Waals surface area (Å²) in [5.41, 5.74) is 13.9. The lowest BCUT2D eigenvalue weighted by Crippen LogP contribution is -2.62. The van der Waals surface area contributed by atoms with Gasteiger partial charge in [-0.25, -0.2) is 0 Å². The molecule has 3 aromatic rings. The molecule has 9 atom stereocenters. The smallest absolute Gasteiger partial charge is 0.251 e. The number of aliphatic hydroxyl groups excluding tert-OH is 2. The minimum atomic E-state index is -0.942. The number of hydrogen-bond acceptors (Lipinski definition) is 10. The van der Waals surface area contributed by atoms with Crippen molar-refractivity contribution < 1.29 is 29.4 Å². The van der Waals surface area contributed by atoms with Gasteiger partial charge in [-0.3, -0.25) is 14.4 Å². The van der Waals surface area contributed by atoms with Gasteiger partial charge >= 0.3 is 0 Å². The van der Waals surface area contributed by atoms with Crippen LogP contribution >= 0.6 is 0 Å². The molecule has 0 spiro atoms. The van der Waals surface area contributed by atoms with Gasteiger partial charge in [-0.1, -0.05) is 74.4 Å². The van der Waals surface area contributed by atoms with Gasteiger partial charge in [0.2, 0.25) is 5.91 Å². The van der Waals surface area contributed by atoms with E-state index in [0.717, 1.165) is 23.2 Å². The van der Waals surface area contributed by atoms with Gasteiger partial charge in [-0.2, -0.15) is 5.06 Å². The summed E-state index contributed by atoms with van der Waals surface area (Å²) in [6.07, 6.45) is 1.06. The normalized spacial score (nSPS) is 25.4. The Morgan fingerprint density at radius 2 is 1.85 bits per heavy atom. The number of nitrogens with zero attached hydrogens (tertiary/aromatic N) is 6. The average molecular weight is 825 g/mol. The highest BCUT2D eigenvalue weighted by Gasteiger charge is 2.57. The number of rotatable bonds is 18. The van der Waals surface area contributed by atoms with E-state index < -0.39 is 24.2 Å². The lowest BCUT2D eigenvalue weighted by Gasteiger charge is -2.62. The second kappa shape index (κ2) is 19.4. The van der Waals surface area contributed by atoms with E-state index in [1.807, 2.05) is 80.6 Å². The molecule has 14 nitrogen and oxygen atoms in total. The second-order valence-electron chi connectivity index (χ2n) is 18.0. The summed E-state index contributed by atoms with van der Waals surface area (Å²) in [6, 6.07) is 20.4. The number of para-hydroxylation sites is 1. The van der Waals surface area contributed by atoms with Crippen LogP contribution in [0.15, 0.2) is 71.8 Å². The van der Waals surface area contributed by atoms with Crippen LogP contribution in [0.5, 0.6) is 5.75 Å². The second-order valence-corrected chi connectivity index (χ2v) is 18.0. The highest BCUT2D eigenvalue weighted by molar-refractivity contribution is 5.97. The summed E-state index contributed by atoms with van der Waals surface area (Å²) >= 11 is 0. The van der Waals surface area contributed by atoms with Crippen molar-refractivity contribution in [1.82, 2.24) is 20.6 Å². The van der Waals surface area contributed by atoms with E-state index in [0.29, 0.717) is 59.7 Å². The predicted molar refractivity (Wildman–Crippen MR) is 233 cm³/mol. The van der Waals surface area contributed by atoms with Gasteiger partial charge in [0, 0.05) is 65.4 Å². The highest BCUT2D eigenvalue weighted by Crippen LogP contribution is 2.61. The van der Waals surface area contributed by atoms with Gasteiger partial charge in [0.25, 0.3) is 5.91 Å². The maximum absolute atomic E-state index is 14.5. The number of fused-ring (bicyclic) bond motifs is 2. The van der Waals surface area contributed by atoms with Gasteiger partial charge < -0.3 is 35.4 Å². The van der Waals surface area contributed by atoms with E-state index >= 15 is 0 Å². The molecule has 324 valence electrons.